The molecule has 0 saturated heterocycles. The van der Waals surface area contributed by atoms with Gasteiger partial charge in [0.25, 0.3) is 0 Å². The van der Waals surface area contributed by atoms with Gasteiger partial charge in [-0.25, -0.2) is 13.2 Å². The summed E-state index contributed by atoms with van der Waals surface area (Å²) in [5.74, 6) is -2.57. The fraction of sp³-hybridized carbons (Fsp3) is 0.357. The molecule has 0 radical (unpaired) electrons. The number of hydrogen-bond acceptors (Lipinski definition) is 6. The summed E-state index contributed by atoms with van der Waals surface area (Å²) in [6.07, 6.45) is 0. The zero-order chi connectivity index (χ0) is 17.4. The number of alkyl halides is 1. The maximum Gasteiger partial charge on any atom is 0.232 e. The van der Waals surface area contributed by atoms with Crippen LogP contribution < -0.4 is 15.8 Å². The SMILES string of the molecule is COc1c(F)cc(C)c(F)c1Nc1nc(N)nc(C(C)(C)F)n1. The van der Waals surface area contributed by atoms with Crippen molar-refractivity contribution >= 4 is 17.6 Å². The van der Waals surface area contributed by atoms with E-state index in [0.29, 0.717) is 0 Å². The summed E-state index contributed by atoms with van der Waals surface area (Å²) in [7, 11) is 1.19. The van der Waals surface area contributed by atoms with Gasteiger partial charge in [-0.1, -0.05) is 0 Å². The number of hydrogen-bond donors (Lipinski definition) is 2. The molecule has 2 rings (SSSR count). The van der Waals surface area contributed by atoms with Crippen LogP contribution in [-0.2, 0) is 5.67 Å². The van der Waals surface area contributed by atoms with E-state index in [0.717, 1.165) is 6.07 Å². The smallest absolute Gasteiger partial charge is 0.232 e. The Labute approximate surface area is 130 Å². The predicted octanol–water partition coefficient (Wildman–Crippen LogP) is 3.00. The van der Waals surface area contributed by atoms with Gasteiger partial charge < -0.3 is 15.8 Å². The summed E-state index contributed by atoms with van der Waals surface area (Å²) < 4.78 is 47.0. The second kappa shape index (κ2) is 5.90. The van der Waals surface area contributed by atoms with E-state index >= 15 is 0 Å². The molecule has 1 heterocycles. The highest BCUT2D eigenvalue weighted by Crippen LogP contribution is 2.34. The van der Waals surface area contributed by atoms with Gasteiger partial charge in [-0.2, -0.15) is 15.0 Å². The number of nitrogens with two attached hydrogens (primary N) is 1. The molecule has 9 heteroatoms. The third kappa shape index (κ3) is 3.43. The summed E-state index contributed by atoms with van der Waals surface area (Å²) in [6, 6.07) is 0.997. The van der Waals surface area contributed by atoms with Crippen LogP contribution in [0.15, 0.2) is 6.07 Å². The summed E-state index contributed by atoms with van der Waals surface area (Å²) in [4.78, 5) is 11.3. The minimum absolute atomic E-state index is 0.0545. The molecule has 124 valence electrons. The molecule has 23 heavy (non-hydrogen) atoms. The highest BCUT2D eigenvalue weighted by atomic mass is 19.1. The molecule has 0 bridgehead atoms. The van der Waals surface area contributed by atoms with Crippen molar-refractivity contribution in [2.24, 2.45) is 0 Å². The van der Waals surface area contributed by atoms with Crippen molar-refractivity contribution in [3.05, 3.63) is 29.1 Å². The fourth-order valence-electron chi connectivity index (χ4n) is 1.87. The first-order valence-electron chi connectivity index (χ1n) is 6.64. The number of benzene rings is 1. The van der Waals surface area contributed by atoms with E-state index in [9.17, 15) is 13.2 Å². The van der Waals surface area contributed by atoms with Crippen molar-refractivity contribution in [2.45, 2.75) is 26.4 Å². The van der Waals surface area contributed by atoms with Crippen LogP contribution in [0.5, 0.6) is 5.75 Å². The molecule has 0 fully saturated rings. The van der Waals surface area contributed by atoms with Crippen LogP contribution in [0.25, 0.3) is 0 Å². The van der Waals surface area contributed by atoms with Crippen molar-refractivity contribution in [3.63, 3.8) is 0 Å². The number of anilines is 3. The third-order valence-electron chi connectivity index (χ3n) is 2.98. The number of aromatic nitrogens is 3. The summed E-state index contributed by atoms with van der Waals surface area (Å²) >= 11 is 0. The third-order valence-corrected chi connectivity index (χ3v) is 2.98. The standard InChI is InChI=1S/C14H16F3N5O/c1-6-5-7(15)10(23-4)9(8(6)16)19-13-21-11(14(2,3)17)20-12(18)22-13/h5H,1-4H3,(H3,18,19,20,21,22). The molecular weight excluding hydrogens is 311 g/mol. The predicted molar refractivity (Wildman–Crippen MR) is 79.3 cm³/mol. The average molecular weight is 327 g/mol. The van der Waals surface area contributed by atoms with E-state index in [1.807, 2.05) is 0 Å². The number of halogens is 3. The van der Waals surface area contributed by atoms with Crippen LogP contribution in [0.1, 0.15) is 25.2 Å². The normalized spacial score (nSPS) is 11.4. The van der Waals surface area contributed by atoms with E-state index in [1.165, 1.54) is 27.9 Å². The lowest BCUT2D eigenvalue weighted by molar-refractivity contribution is 0.206. The van der Waals surface area contributed by atoms with E-state index in [2.05, 4.69) is 20.3 Å². The lowest BCUT2D eigenvalue weighted by Gasteiger charge is -2.16. The Morgan fingerprint density at radius 2 is 1.87 bits per heavy atom. The number of aryl methyl sites for hydroxylation is 1. The maximum absolute atomic E-state index is 14.3. The Hall–Kier alpha value is -2.58. The maximum atomic E-state index is 14.3. The minimum atomic E-state index is -1.88. The molecule has 0 amide bonds. The zero-order valence-corrected chi connectivity index (χ0v) is 13.0. The Balaban J connectivity index is 2.54. The summed E-state index contributed by atoms with van der Waals surface area (Å²) in [5.41, 5.74) is 3.38. The van der Waals surface area contributed by atoms with Gasteiger partial charge in [0.15, 0.2) is 28.9 Å². The second-order valence-electron chi connectivity index (χ2n) is 5.34. The van der Waals surface area contributed by atoms with Crippen molar-refractivity contribution < 1.29 is 17.9 Å². The van der Waals surface area contributed by atoms with Gasteiger partial charge in [0.1, 0.15) is 5.69 Å². The second-order valence-corrected chi connectivity index (χ2v) is 5.34. The quantitative estimate of drug-likeness (QED) is 0.898. The van der Waals surface area contributed by atoms with Crippen LogP contribution >= 0.6 is 0 Å². The first kappa shape index (κ1) is 16.8. The van der Waals surface area contributed by atoms with Crippen molar-refractivity contribution in [3.8, 4) is 5.75 Å². The average Bonchev–Trinajstić information content (AvgIpc) is 2.43. The number of methoxy groups -OCH3 is 1. The van der Waals surface area contributed by atoms with Crippen molar-refractivity contribution in [1.82, 2.24) is 15.0 Å². The monoisotopic (exact) mass is 327 g/mol. The van der Waals surface area contributed by atoms with Crippen molar-refractivity contribution in [2.75, 3.05) is 18.2 Å². The first-order valence-corrected chi connectivity index (χ1v) is 6.64. The van der Waals surface area contributed by atoms with Gasteiger partial charge in [0, 0.05) is 0 Å². The lowest BCUT2D eigenvalue weighted by atomic mass is 10.1. The molecule has 0 aliphatic carbocycles. The summed E-state index contributed by atoms with van der Waals surface area (Å²) in [6.45, 7) is 3.86. The Kier molecular flexibility index (Phi) is 4.31. The largest absolute Gasteiger partial charge is 0.491 e. The number of rotatable bonds is 4. The van der Waals surface area contributed by atoms with E-state index in [-0.39, 0.29) is 34.7 Å². The van der Waals surface area contributed by atoms with Gasteiger partial charge >= 0.3 is 0 Å². The number of ether oxygens (including phenoxy) is 1. The van der Waals surface area contributed by atoms with Gasteiger partial charge in [-0.15, -0.1) is 0 Å². The highest BCUT2D eigenvalue weighted by molar-refractivity contribution is 5.65. The number of nitrogen functional groups attached to an aromatic ring is 1. The molecule has 0 aliphatic rings. The summed E-state index contributed by atoms with van der Waals surface area (Å²) in [5, 5.41) is 2.48. The molecule has 3 N–H and O–H groups in total. The molecule has 6 nitrogen and oxygen atoms in total. The fourth-order valence-corrected chi connectivity index (χ4v) is 1.87. The highest BCUT2D eigenvalue weighted by Gasteiger charge is 2.25. The molecule has 0 atom stereocenters. The minimum Gasteiger partial charge on any atom is -0.491 e. The Bertz CT molecular complexity index is 746. The Morgan fingerprint density at radius 3 is 2.43 bits per heavy atom. The molecule has 2 aromatic rings. The topological polar surface area (TPSA) is 86.0 Å². The van der Waals surface area contributed by atoms with Crippen LogP contribution in [0, 0.1) is 18.6 Å². The van der Waals surface area contributed by atoms with Gasteiger partial charge in [0.2, 0.25) is 11.9 Å². The van der Waals surface area contributed by atoms with Crippen LogP contribution in [0.2, 0.25) is 0 Å². The van der Waals surface area contributed by atoms with E-state index < -0.39 is 17.3 Å². The molecule has 0 aliphatic heterocycles. The zero-order valence-electron chi connectivity index (χ0n) is 13.0. The lowest BCUT2D eigenvalue weighted by Crippen LogP contribution is -2.18. The molecule has 0 spiro atoms. The van der Waals surface area contributed by atoms with Crippen LogP contribution in [-0.4, -0.2) is 22.1 Å². The number of nitrogens with one attached hydrogen (secondary N) is 1. The Morgan fingerprint density at radius 1 is 1.22 bits per heavy atom. The van der Waals surface area contributed by atoms with Crippen LogP contribution in [0.3, 0.4) is 0 Å². The molecule has 1 aromatic carbocycles. The van der Waals surface area contributed by atoms with E-state index in [4.69, 9.17) is 10.5 Å². The molecule has 0 saturated carbocycles. The molecule has 0 unspecified atom stereocenters. The van der Waals surface area contributed by atoms with Gasteiger partial charge in [-0.05, 0) is 32.4 Å². The van der Waals surface area contributed by atoms with Crippen molar-refractivity contribution in [1.29, 1.82) is 0 Å². The first-order chi connectivity index (χ1) is 10.6. The molecule has 1 aromatic heterocycles. The molecular formula is C14H16F3N5O. The van der Waals surface area contributed by atoms with Gasteiger partial charge in [0.05, 0.1) is 7.11 Å². The number of nitrogens with zero attached hydrogens (tertiary/aromatic N) is 3. The van der Waals surface area contributed by atoms with E-state index in [1.54, 1.807) is 0 Å². The van der Waals surface area contributed by atoms with Crippen LogP contribution in [0.4, 0.5) is 30.8 Å². The van der Waals surface area contributed by atoms with Gasteiger partial charge in [-0.3, -0.25) is 0 Å².